The summed E-state index contributed by atoms with van der Waals surface area (Å²) in [5.74, 6) is 0. The number of aromatic nitrogens is 1. The van der Waals surface area contributed by atoms with E-state index in [1.807, 2.05) is 36.9 Å². The van der Waals surface area contributed by atoms with Gasteiger partial charge in [-0.3, -0.25) is 0 Å². The lowest BCUT2D eigenvalue weighted by molar-refractivity contribution is 0.207. The first-order valence-electron chi connectivity index (χ1n) is 10.8. The van der Waals surface area contributed by atoms with Crippen molar-refractivity contribution >= 4 is 11.7 Å². The number of benzene rings is 2. The molecule has 0 fully saturated rings. The number of aryl methyl sites for hydroxylation is 3. The highest BCUT2D eigenvalue weighted by atomic mass is 16.2. The molecular weight excluding hydrogens is 370 g/mol. The summed E-state index contributed by atoms with van der Waals surface area (Å²) in [7, 11) is 0. The number of rotatable bonds is 8. The fraction of sp³-hybridized carbons (Fsp3) is 0.346. The first kappa shape index (κ1) is 21.7. The number of hydrogen-bond acceptors (Lipinski definition) is 1. The van der Waals surface area contributed by atoms with Crippen LogP contribution in [-0.4, -0.2) is 22.0 Å². The van der Waals surface area contributed by atoms with Crippen LogP contribution in [0, 0.1) is 20.8 Å². The third-order valence-electron chi connectivity index (χ3n) is 5.66. The Morgan fingerprint density at radius 2 is 1.63 bits per heavy atom. The molecule has 0 saturated heterocycles. The largest absolute Gasteiger partial charge is 0.345 e. The van der Waals surface area contributed by atoms with Crippen LogP contribution in [0.25, 0.3) is 0 Å². The number of amides is 2. The van der Waals surface area contributed by atoms with Gasteiger partial charge in [0.1, 0.15) is 0 Å². The molecule has 0 atom stereocenters. The normalized spacial score (nSPS) is 10.8. The van der Waals surface area contributed by atoms with Gasteiger partial charge in [0.15, 0.2) is 0 Å². The van der Waals surface area contributed by atoms with Crippen LogP contribution in [0.2, 0.25) is 0 Å². The van der Waals surface area contributed by atoms with Gasteiger partial charge >= 0.3 is 6.03 Å². The van der Waals surface area contributed by atoms with Gasteiger partial charge in [0.25, 0.3) is 0 Å². The monoisotopic (exact) mass is 403 g/mol. The Kier molecular flexibility index (Phi) is 7.34. The zero-order valence-electron chi connectivity index (χ0n) is 18.6. The number of carbonyl (C=O) groups excluding carboxylic acids is 1. The molecule has 4 nitrogen and oxygen atoms in total. The minimum atomic E-state index is -0.0375. The van der Waals surface area contributed by atoms with Gasteiger partial charge in [0.2, 0.25) is 0 Å². The quantitative estimate of drug-likeness (QED) is 0.471. The molecule has 158 valence electrons. The summed E-state index contributed by atoms with van der Waals surface area (Å²) in [6.07, 6.45) is 4.14. The molecule has 1 heterocycles. The molecule has 4 heteroatoms. The number of carbonyl (C=O) groups is 1. The van der Waals surface area contributed by atoms with Crippen molar-refractivity contribution in [3.8, 4) is 0 Å². The maximum atomic E-state index is 13.2. The number of urea groups is 1. The third kappa shape index (κ3) is 5.32. The van der Waals surface area contributed by atoms with Crippen LogP contribution < -0.4 is 5.32 Å². The number of unbranched alkanes of at least 4 members (excludes halogenated alkanes) is 1. The topological polar surface area (TPSA) is 37.3 Å². The van der Waals surface area contributed by atoms with Gasteiger partial charge < -0.3 is 14.8 Å². The molecule has 0 radical (unpaired) electrons. The third-order valence-corrected chi connectivity index (χ3v) is 5.66. The molecular formula is C26H33N3O. The molecule has 0 bridgehead atoms. The zero-order valence-corrected chi connectivity index (χ0v) is 18.6. The van der Waals surface area contributed by atoms with E-state index in [-0.39, 0.29) is 6.03 Å². The van der Waals surface area contributed by atoms with Crippen molar-refractivity contribution in [3.63, 3.8) is 0 Å². The van der Waals surface area contributed by atoms with Crippen molar-refractivity contribution in [3.05, 3.63) is 88.7 Å². The second-order valence-corrected chi connectivity index (χ2v) is 8.03. The summed E-state index contributed by atoms with van der Waals surface area (Å²) >= 11 is 0. The van der Waals surface area contributed by atoms with Crippen molar-refractivity contribution in [1.29, 1.82) is 0 Å². The van der Waals surface area contributed by atoms with Crippen molar-refractivity contribution in [2.24, 2.45) is 0 Å². The standard InChI is InChI=1S/C26H33N3O/c1-5-6-16-29(26(30)27-25-21(3)12-9-13-22(25)4)19-24-15-10-17-28(24)18-23-14-8-7-11-20(23)2/h7-15,17H,5-6,16,18-19H2,1-4H3,(H,27,30). The molecule has 0 spiro atoms. The van der Waals surface area contributed by atoms with Crippen LogP contribution in [0.4, 0.5) is 10.5 Å². The average Bonchev–Trinajstić information content (AvgIpc) is 3.16. The summed E-state index contributed by atoms with van der Waals surface area (Å²) in [5.41, 5.74) is 6.82. The van der Waals surface area contributed by atoms with Gasteiger partial charge in [-0.2, -0.15) is 0 Å². The Bertz CT molecular complexity index is 969. The smallest absolute Gasteiger partial charge is 0.322 e. The van der Waals surface area contributed by atoms with E-state index in [1.54, 1.807) is 0 Å². The predicted octanol–water partition coefficient (Wildman–Crippen LogP) is 6.30. The number of para-hydroxylation sites is 1. The lowest BCUT2D eigenvalue weighted by Crippen LogP contribution is -2.36. The number of hydrogen-bond donors (Lipinski definition) is 1. The lowest BCUT2D eigenvalue weighted by Gasteiger charge is -2.25. The molecule has 1 aromatic heterocycles. The van der Waals surface area contributed by atoms with Gasteiger partial charge in [0, 0.05) is 30.7 Å². The van der Waals surface area contributed by atoms with Crippen molar-refractivity contribution in [2.75, 3.05) is 11.9 Å². The van der Waals surface area contributed by atoms with Gasteiger partial charge in [0.05, 0.1) is 6.54 Å². The van der Waals surface area contributed by atoms with E-state index in [0.29, 0.717) is 6.54 Å². The van der Waals surface area contributed by atoms with E-state index in [1.165, 1.54) is 11.1 Å². The van der Waals surface area contributed by atoms with E-state index in [4.69, 9.17) is 0 Å². The van der Waals surface area contributed by atoms with Crippen LogP contribution in [0.1, 0.15) is 47.7 Å². The molecule has 3 aromatic rings. The summed E-state index contributed by atoms with van der Waals surface area (Å²) in [5, 5.41) is 3.16. The molecule has 0 aliphatic heterocycles. The first-order valence-corrected chi connectivity index (χ1v) is 10.8. The second-order valence-electron chi connectivity index (χ2n) is 8.03. The lowest BCUT2D eigenvalue weighted by atomic mass is 10.1. The van der Waals surface area contributed by atoms with Gasteiger partial charge in [-0.25, -0.2) is 4.79 Å². The van der Waals surface area contributed by atoms with Crippen LogP contribution >= 0.6 is 0 Å². The van der Waals surface area contributed by atoms with Crippen molar-refractivity contribution < 1.29 is 4.79 Å². The maximum Gasteiger partial charge on any atom is 0.322 e. The van der Waals surface area contributed by atoms with E-state index >= 15 is 0 Å². The van der Waals surface area contributed by atoms with E-state index in [2.05, 4.69) is 66.3 Å². The summed E-state index contributed by atoms with van der Waals surface area (Å²) in [6, 6.07) is 18.7. The average molecular weight is 404 g/mol. The van der Waals surface area contributed by atoms with Gasteiger partial charge in [-0.15, -0.1) is 0 Å². The molecule has 30 heavy (non-hydrogen) atoms. The van der Waals surface area contributed by atoms with Crippen LogP contribution in [-0.2, 0) is 13.1 Å². The Labute approximate surface area is 180 Å². The minimum Gasteiger partial charge on any atom is -0.345 e. The van der Waals surface area contributed by atoms with Crippen LogP contribution in [0.5, 0.6) is 0 Å². The molecule has 0 unspecified atom stereocenters. The molecule has 0 saturated carbocycles. The van der Waals surface area contributed by atoms with Crippen LogP contribution in [0.15, 0.2) is 60.8 Å². The second kappa shape index (κ2) is 10.1. The summed E-state index contributed by atoms with van der Waals surface area (Å²) in [4.78, 5) is 15.1. The molecule has 3 rings (SSSR count). The SMILES string of the molecule is CCCCN(Cc1cccn1Cc1ccccc1C)C(=O)Nc1c(C)cccc1C. The summed E-state index contributed by atoms with van der Waals surface area (Å²) in [6.45, 7) is 10.5. The highest BCUT2D eigenvalue weighted by molar-refractivity contribution is 5.91. The van der Waals surface area contributed by atoms with Gasteiger partial charge in [-0.1, -0.05) is 55.8 Å². The Morgan fingerprint density at radius 1 is 0.933 bits per heavy atom. The van der Waals surface area contributed by atoms with Crippen molar-refractivity contribution in [1.82, 2.24) is 9.47 Å². The highest BCUT2D eigenvalue weighted by Crippen LogP contribution is 2.21. The first-order chi connectivity index (χ1) is 14.5. The van der Waals surface area contributed by atoms with Gasteiger partial charge in [-0.05, 0) is 61.6 Å². The fourth-order valence-electron chi connectivity index (χ4n) is 3.71. The Hall–Kier alpha value is -3.01. The molecule has 2 amide bonds. The Morgan fingerprint density at radius 3 is 2.33 bits per heavy atom. The minimum absolute atomic E-state index is 0.0375. The number of nitrogens with one attached hydrogen (secondary N) is 1. The molecule has 0 aliphatic carbocycles. The number of anilines is 1. The van der Waals surface area contributed by atoms with E-state index < -0.39 is 0 Å². The number of nitrogens with zero attached hydrogens (tertiary/aromatic N) is 2. The van der Waals surface area contributed by atoms with E-state index in [9.17, 15) is 4.79 Å². The molecule has 0 aliphatic rings. The van der Waals surface area contributed by atoms with Crippen LogP contribution in [0.3, 0.4) is 0 Å². The van der Waals surface area contributed by atoms with E-state index in [0.717, 1.165) is 48.4 Å². The molecule has 1 N–H and O–H groups in total. The molecule has 2 aromatic carbocycles. The highest BCUT2D eigenvalue weighted by Gasteiger charge is 2.17. The summed E-state index contributed by atoms with van der Waals surface area (Å²) < 4.78 is 2.24. The zero-order chi connectivity index (χ0) is 21.5. The Balaban J connectivity index is 1.78. The van der Waals surface area contributed by atoms with Crippen molar-refractivity contribution in [2.45, 2.75) is 53.6 Å². The predicted molar refractivity (Wildman–Crippen MR) is 125 cm³/mol. The maximum absolute atomic E-state index is 13.2. The fourth-order valence-corrected chi connectivity index (χ4v) is 3.71.